The summed E-state index contributed by atoms with van der Waals surface area (Å²) in [6, 6.07) is 18.8. The number of aryl methyl sites for hydroxylation is 1. The Morgan fingerprint density at radius 2 is 1.61 bits per heavy atom. The summed E-state index contributed by atoms with van der Waals surface area (Å²) in [6.07, 6.45) is 1.42. The van der Waals surface area contributed by atoms with Crippen LogP contribution in [0.5, 0.6) is 5.75 Å². The quantitative estimate of drug-likeness (QED) is 0.242. The Morgan fingerprint density at radius 3 is 2.21 bits per heavy atom. The van der Waals surface area contributed by atoms with Gasteiger partial charge < -0.3 is 10.1 Å². The minimum Gasteiger partial charge on any atom is -0.484 e. The van der Waals surface area contributed by atoms with E-state index in [9.17, 15) is 18.0 Å². The van der Waals surface area contributed by atoms with E-state index in [1.54, 1.807) is 74.5 Å². The number of hydrogen-bond donors (Lipinski definition) is 3. The second-order valence-corrected chi connectivity index (χ2v) is 11.0. The van der Waals surface area contributed by atoms with E-state index < -0.39 is 22.0 Å². The number of nitrogens with one attached hydrogen (secondary N) is 3. The van der Waals surface area contributed by atoms with Crippen LogP contribution in [-0.4, -0.2) is 39.1 Å². The molecule has 0 aromatic heterocycles. The Morgan fingerprint density at radius 1 is 0.974 bits per heavy atom. The molecule has 200 valence electrons. The lowest BCUT2D eigenvalue weighted by atomic mass is 10.1. The first-order chi connectivity index (χ1) is 18.0. The molecule has 0 radical (unpaired) electrons. The van der Waals surface area contributed by atoms with Crippen LogP contribution in [0, 0.1) is 12.8 Å². The van der Waals surface area contributed by atoms with Gasteiger partial charge in [0.15, 0.2) is 6.61 Å². The fourth-order valence-corrected chi connectivity index (χ4v) is 4.68. The van der Waals surface area contributed by atoms with Crippen molar-refractivity contribution >= 4 is 45.3 Å². The Bertz CT molecular complexity index is 1370. The van der Waals surface area contributed by atoms with Crippen LogP contribution in [0.15, 0.2) is 82.8 Å². The molecule has 0 saturated carbocycles. The number of anilines is 1. The highest BCUT2D eigenvalue weighted by atomic mass is 35.5. The van der Waals surface area contributed by atoms with Crippen LogP contribution in [0.1, 0.15) is 25.0 Å². The fraction of sp³-hybridized carbons (Fsp3) is 0.222. The van der Waals surface area contributed by atoms with Crippen LogP contribution in [0.2, 0.25) is 5.02 Å². The van der Waals surface area contributed by atoms with Gasteiger partial charge in [0.25, 0.3) is 11.8 Å². The molecule has 2 amide bonds. The molecule has 3 rings (SSSR count). The standard InChI is InChI=1S/C27H29ClN4O5S/c1-18(2)26(32-38(35,36)24-14-4-19(3)5-15-24)27(34)31-29-16-20-6-12-23(13-7-20)37-17-25(33)30-22-10-8-21(28)9-11-22/h4-16,18,26,32H,17H2,1-3H3,(H,30,33)(H,31,34)/b29-16-/t26-/m1/s1. The van der Waals surface area contributed by atoms with Crippen LogP contribution < -0.4 is 20.2 Å². The van der Waals surface area contributed by atoms with Crippen LogP contribution >= 0.6 is 11.6 Å². The van der Waals surface area contributed by atoms with E-state index in [0.29, 0.717) is 22.0 Å². The Balaban J connectivity index is 1.51. The third-order valence-electron chi connectivity index (χ3n) is 5.33. The highest BCUT2D eigenvalue weighted by molar-refractivity contribution is 7.89. The Kier molecular flexibility index (Phi) is 10.0. The monoisotopic (exact) mass is 556 g/mol. The average Bonchev–Trinajstić information content (AvgIpc) is 2.88. The van der Waals surface area contributed by atoms with E-state index >= 15 is 0 Å². The van der Waals surface area contributed by atoms with Crippen LogP contribution in [0.25, 0.3) is 0 Å². The van der Waals surface area contributed by atoms with Crippen molar-refractivity contribution < 1.29 is 22.7 Å². The van der Waals surface area contributed by atoms with Gasteiger partial charge in [-0.2, -0.15) is 9.82 Å². The molecule has 9 nitrogen and oxygen atoms in total. The van der Waals surface area contributed by atoms with Gasteiger partial charge in [-0.15, -0.1) is 0 Å². The highest BCUT2D eigenvalue weighted by Crippen LogP contribution is 2.15. The molecule has 3 N–H and O–H groups in total. The molecule has 38 heavy (non-hydrogen) atoms. The van der Waals surface area contributed by atoms with Gasteiger partial charge in [-0.25, -0.2) is 13.8 Å². The molecule has 0 aliphatic carbocycles. The minimum absolute atomic E-state index is 0.0785. The molecule has 0 unspecified atom stereocenters. The highest BCUT2D eigenvalue weighted by Gasteiger charge is 2.28. The summed E-state index contributed by atoms with van der Waals surface area (Å²) in [4.78, 5) is 24.8. The summed E-state index contributed by atoms with van der Waals surface area (Å²) in [5.41, 5.74) is 4.58. The van der Waals surface area contributed by atoms with Gasteiger partial charge in [0.05, 0.1) is 11.1 Å². The first kappa shape index (κ1) is 28.8. The molecule has 0 fully saturated rings. The third kappa shape index (κ3) is 8.69. The molecule has 0 bridgehead atoms. The minimum atomic E-state index is -3.89. The van der Waals surface area contributed by atoms with Crippen molar-refractivity contribution in [1.29, 1.82) is 0 Å². The Labute approximate surface area is 227 Å². The molecule has 1 atom stereocenters. The largest absolute Gasteiger partial charge is 0.484 e. The lowest BCUT2D eigenvalue weighted by molar-refractivity contribution is -0.123. The lowest BCUT2D eigenvalue weighted by Crippen LogP contribution is -2.48. The predicted molar refractivity (Wildman–Crippen MR) is 148 cm³/mol. The topological polar surface area (TPSA) is 126 Å². The van der Waals surface area contributed by atoms with Gasteiger partial charge in [-0.05, 0) is 79.1 Å². The number of halogens is 1. The first-order valence-corrected chi connectivity index (χ1v) is 13.6. The maximum atomic E-state index is 12.7. The van der Waals surface area contributed by atoms with E-state index in [4.69, 9.17) is 16.3 Å². The molecule has 11 heteroatoms. The van der Waals surface area contributed by atoms with Crippen molar-refractivity contribution in [2.24, 2.45) is 11.0 Å². The number of rotatable bonds is 11. The number of nitrogens with zero attached hydrogens (tertiary/aromatic N) is 1. The summed E-state index contributed by atoms with van der Waals surface area (Å²) in [6.45, 7) is 5.15. The van der Waals surface area contributed by atoms with Gasteiger partial charge >= 0.3 is 0 Å². The maximum Gasteiger partial charge on any atom is 0.262 e. The third-order valence-corrected chi connectivity index (χ3v) is 7.04. The average molecular weight is 557 g/mol. The number of carbonyl (C=O) groups is 2. The summed E-state index contributed by atoms with van der Waals surface area (Å²) < 4.78 is 33.4. The maximum absolute atomic E-state index is 12.7. The van der Waals surface area contributed by atoms with Crippen molar-refractivity contribution in [1.82, 2.24) is 10.1 Å². The Hall–Kier alpha value is -3.73. The fourth-order valence-electron chi connectivity index (χ4n) is 3.21. The van der Waals surface area contributed by atoms with E-state index in [1.807, 2.05) is 6.92 Å². The SMILES string of the molecule is Cc1ccc(S(=O)(=O)N[C@@H](C(=O)N/N=C\c2ccc(OCC(=O)Nc3ccc(Cl)cc3)cc2)C(C)C)cc1. The summed E-state index contributed by atoms with van der Waals surface area (Å²) in [5, 5.41) is 7.22. The van der Waals surface area contributed by atoms with Gasteiger partial charge in [-0.1, -0.05) is 43.1 Å². The summed E-state index contributed by atoms with van der Waals surface area (Å²) >= 11 is 5.83. The number of amides is 2. The molecular formula is C27H29ClN4O5S. The van der Waals surface area contributed by atoms with Gasteiger partial charge in [0, 0.05) is 10.7 Å². The van der Waals surface area contributed by atoms with Crippen molar-refractivity contribution in [2.45, 2.75) is 31.7 Å². The number of hydrazone groups is 1. The number of hydrogen-bond acceptors (Lipinski definition) is 6. The molecule has 3 aromatic carbocycles. The summed E-state index contributed by atoms with van der Waals surface area (Å²) in [7, 11) is -3.89. The van der Waals surface area contributed by atoms with Crippen LogP contribution in [0.3, 0.4) is 0 Å². The van der Waals surface area contributed by atoms with Gasteiger partial charge in [0.2, 0.25) is 10.0 Å². The first-order valence-electron chi connectivity index (χ1n) is 11.7. The van der Waals surface area contributed by atoms with Crippen molar-refractivity contribution in [2.75, 3.05) is 11.9 Å². The number of carbonyl (C=O) groups excluding carboxylic acids is 2. The second kappa shape index (κ2) is 13.2. The lowest BCUT2D eigenvalue weighted by Gasteiger charge is -2.20. The number of benzene rings is 3. The van der Waals surface area contributed by atoms with E-state index in [2.05, 4.69) is 20.6 Å². The van der Waals surface area contributed by atoms with Crippen molar-refractivity contribution in [3.8, 4) is 5.75 Å². The zero-order valence-corrected chi connectivity index (χ0v) is 22.7. The normalized spacial score (nSPS) is 12.3. The number of sulfonamides is 1. The summed E-state index contributed by atoms with van der Waals surface area (Å²) in [5.74, 6) is -0.751. The van der Waals surface area contributed by atoms with Crippen molar-refractivity contribution in [3.63, 3.8) is 0 Å². The zero-order valence-electron chi connectivity index (χ0n) is 21.1. The molecule has 0 aliphatic rings. The second-order valence-electron chi connectivity index (χ2n) is 8.80. The van der Waals surface area contributed by atoms with Crippen LogP contribution in [-0.2, 0) is 19.6 Å². The molecule has 3 aromatic rings. The van der Waals surface area contributed by atoms with Gasteiger partial charge in [0.1, 0.15) is 11.8 Å². The van der Waals surface area contributed by atoms with E-state index in [1.165, 1.54) is 18.3 Å². The smallest absolute Gasteiger partial charge is 0.262 e. The molecule has 0 heterocycles. The molecule has 0 spiro atoms. The number of ether oxygens (including phenoxy) is 1. The van der Waals surface area contributed by atoms with E-state index in [0.717, 1.165) is 5.56 Å². The van der Waals surface area contributed by atoms with Gasteiger partial charge in [-0.3, -0.25) is 9.59 Å². The molecular weight excluding hydrogens is 528 g/mol. The van der Waals surface area contributed by atoms with Crippen molar-refractivity contribution in [3.05, 3.63) is 88.9 Å². The molecule has 0 aliphatic heterocycles. The predicted octanol–water partition coefficient (Wildman–Crippen LogP) is 4.12. The zero-order chi connectivity index (χ0) is 27.7. The van der Waals surface area contributed by atoms with E-state index in [-0.39, 0.29) is 23.3 Å². The van der Waals surface area contributed by atoms with Crippen LogP contribution in [0.4, 0.5) is 5.69 Å². The molecule has 0 saturated heterocycles.